The van der Waals surface area contributed by atoms with Crippen LogP contribution in [-0.2, 0) is 6.42 Å². The van der Waals surface area contributed by atoms with Crippen LogP contribution in [0, 0.1) is 24.5 Å². The monoisotopic (exact) mass is 358 g/mol. The summed E-state index contributed by atoms with van der Waals surface area (Å²) < 4.78 is 0. The van der Waals surface area contributed by atoms with E-state index in [1.807, 2.05) is 24.3 Å². The zero-order valence-corrected chi connectivity index (χ0v) is 15.7. The predicted octanol–water partition coefficient (Wildman–Crippen LogP) is 2.24. The lowest BCUT2D eigenvalue weighted by atomic mass is 10.1. The predicted molar refractivity (Wildman–Crippen MR) is 108 cm³/mol. The standard InChI is InChI=1S/C22H22N4O/c1-5-16-12(2)20(24-13(16)3)11-19-18-10-17(15-6-8-23-9-7-15)14(4)25-21(18)26-22(19)27/h6-11,24-25H,4-5H2,1-3H3,(H,26,27). The number of pyridine rings is 1. The summed E-state index contributed by atoms with van der Waals surface area (Å²) in [6.07, 6.45) is 6.40. The maximum absolute atomic E-state index is 12.6. The van der Waals surface area contributed by atoms with Crippen LogP contribution in [0.25, 0.3) is 23.8 Å². The fraction of sp³-hybridized carbons (Fsp3) is 0.182. The topological polar surface area (TPSA) is 77.3 Å². The maximum atomic E-state index is 12.6. The third-order valence-corrected chi connectivity index (χ3v) is 5.20. The Morgan fingerprint density at radius 2 is 1.89 bits per heavy atom. The van der Waals surface area contributed by atoms with Crippen LogP contribution in [0.5, 0.6) is 0 Å². The van der Waals surface area contributed by atoms with Crippen LogP contribution in [0.4, 0.5) is 0 Å². The van der Waals surface area contributed by atoms with E-state index < -0.39 is 0 Å². The fourth-order valence-corrected chi connectivity index (χ4v) is 3.77. The lowest BCUT2D eigenvalue weighted by Crippen LogP contribution is -2.22. The molecule has 0 atom stereocenters. The summed E-state index contributed by atoms with van der Waals surface area (Å²) in [6.45, 7) is 10.4. The first kappa shape index (κ1) is 17.1. The Morgan fingerprint density at radius 1 is 1.15 bits per heavy atom. The highest BCUT2D eigenvalue weighted by atomic mass is 16.1. The van der Waals surface area contributed by atoms with Crippen molar-refractivity contribution in [3.63, 3.8) is 0 Å². The van der Waals surface area contributed by atoms with Crippen molar-refractivity contribution in [2.75, 3.05) is 0 Å². The zero-order chi connectivity index (χ0) is 19.1. The van der Waals surface area contributed by atoms with Crippen LogP contribution in [0.1, 0.15) is 29.4 Å². The number of nitrogens with one attached hydrogen (secondary N) is 3. The van der Waals surface area contributed by atoms with Crippen LogP contribution in [0.15, 0.2) is 35.4 Å². The van der Waals surface area contributed by atoms with Gasteiger partial charge in [0.2, 0.25) is 0 Å². The Labute approximate surface area is 156 Å². The van der Waals surface area contributed by atoms with Gasteiger partial charge in [-0.05, 0) is 61.2 Å². The van der Waals surface area contributed by atoms with Gasteiger partial charge < -0.3 is 15.0 Å². The molecule has 0 saturated heterocycles. The molecule has 0 spiro atoms. The van der Waals surface area contributed by atoms with E-state index in [1.165, 1.54) is 11.1 Å². The largest absolute Gasteiger partial charge is 0.359 e. The fourth-order valence-electron chi connectivity index (χ4n) is 3.77. The molecule has 0 bridgehead atoms. The average Bonchev–Trinajstić information content (AvgIpc) is 3.10. The number of hydrogen-bond donors (Lipinski definition) is 3. The lowest BCUT2D eigenvalue weighted by molar-refractivity contribution is 1.08. The Bertz CT molecular complexity index is 1360. The van der Waals surface area contributed by atoms with E-state index in [0.717, 1.165) is 39.5 Å². The van der Waals surface area contributed by atoms with Gasteiger partial charge >= 0.3 is 0 Å². The van der Waals surface area contributed by atoms with Crippen molar-refractivity contribution in [2.24, 2.45) is 0 Å². The van der Waals surface area contributed by atoms with E-state index in [4.69, 9.17) is 0 Å². The van der Waals surface area contributed by atoms with E-state index in [9.17, 15) is 4.79 Å². The smallest absolute Gasteiger partial charge is 0.257 e. The van der Waals surface area contributed by atoms with Crippen molar-refractivity contribution in [1.82, 2.24) is 19.9 Å². The summed E-state index contributed by atoms with van der Waals surface area (Å²) in [5.41, 5.74) is 7.15. The molecule has 0 unspecified atom stereocenters. The van der Waals surface area contributed by atoms with E-state index in [1.54, 1.807) is 12.4 Å². The first-order chi connectivity index (χ1) is 13.0. The first-order valence-corrected chi connectivity index (χ1v) is 9.03. The van der Waals surface area contributed by atoms with Crippen molar-refractivity contribution in [1.29, 1.82) is 0 Å². The minimum atomic E-state index is -0.114. The van der Waals surface area contributed by atoms with Gasteiger partial charge in [0.25, 0.3) is 5.56 Å². The maximum Gasteiger partial charge on any atom is 0.257 e. The van der Waals surface area contributed by atoms with Gasteiger partial charge in [0, 0.05) is 39.9 Å². The number of nitrogens with zero attached hydrogens (tertiary/aromatic N) is 1. The summed E-state index contributed by atoms with van der Waals surface area (Å²) in [7, 11) is 0. The molecule has 0 radical (unpaired) electrons. The van der Waals surface area contributed by atoms with Crippen molar-refractivity contribution < 1.29 is 0 Å². The molecule has 2 aromatic rings. The molecule has 27 heavy (non-hydrogen) atoms. The number of aromatic amines is 3. The van der Waals surface area contributed by atoms with Crippen molar-refractivity contribution >= 4 is 12.7 Å². The number of aromatic nitrogens is 4. The molecule has 2 aliphatic heterocycles. The van der Waals surface area contributed by atoms with E-state index in [-0.39, 0.29) is 5.56 Å². The van der Waals surface area contributed by atoms with Gasteiger partial charge in [0.15, 0.2) is 0 Å². The minimum Gasteiger partial charge on any atom is -0.359 e. The quantitative estimate of drug-likeness (QED) is 0.525. The Balaban J connectivity index is 2.03. The summed E-state index contributed by atoms with van der Waals surface area (Å²) in [5.74, 6) is 0. The molecule has 5 heteroatoms. The molecule has 5 nitrogen and oxygen atoms in total. The van der Waals surface area contributed by atoms with Crippen LogP contribution in [0.3, 0.4) is 0 Å². The molecule has 136 valence electrons. The Morgan fingerprint density at radius 3 is 2.56 bits per heavy atom. The molecular weight excluding hydrogens is 336 g/mol. The average molecular weight is 358 g/mol. The third kappa shape index (κ3) is 2.81. The molecule has 0 aliphatic carbocycles. The van der Waals surface area contributed by atoms with Crippen molar-refractivity contribution in [3.05, 3.63) is 84.7 Å². The van der Waals surface area contributed by atoms with Crippen LogP contribution in [0.2, 0.25) is 0 Å². The number of rotatable bonds is 3. The van der Waals surface area contributed by atoms with Crippen LogP contribution in [-0.4, -0.2) is 19.9 Å². The van der Waals surface area contributed by atoms with Crippen LogP contribution >= 0.6 is 0 Å². The zero-order valence-electron chi connectivity index (χ0n) is 15.7. The molecule has 4 heterocycles. The highest BCUT2D eigenvalue weighted by molar-refractivity contribution is 5.63. The highest BCUT2D eigenvalue weighted by Crippen LogP contribution is 2.19. The van der Waals surface area contributed by atoms with Gasteiger partial charge in [-0.25, -0.2) is 0 Å². The van der Waals surface area contributed by atoms with E-state index in [0.29, 0.717) is 10.7 Å². The molecule has 0 amide bonds. The van der Waals surface area contributed by atoms with Gasteiger partial charge in [-0.15, -0.1) is 0 Å². The molecule has 2 aromatic heterocycles. The summed E-state index contributed by atoms with van der Waals surface area (Å²) in [5, 5.41) is 2.24. The SMILES string of the molecule is C=c1[nH]c2[nH]c(=O)c(=Cc3[nH]c(C)c(CC)c3C)c=2cc1-c1ccncc1. The van der Waals surface area contributed by atoms with Crippen LogP contribution < -0.4 is 16.1 Å². The van der Waals surface area contributed by atoms with Gasteiger partial charge in [0.05, 0.1) is 5.22 Å². The number of hydrogen-bond acceptors (Lipinski definition) is 2. The summed E-state index contributed by atoms with van der Waals surface area (Å²) in [4.78, 5) is 26.2. The third-order valence-electron chi connectivity index (χ3n) is 5.20. The molecule has 2 aliphatic rings. The van der Waals surface area contributed by atoms with Gasteiger partial charge in [-0.3, -0.25) is 9.78 Å². The second-order valence-corrected chi connectivity index (χ2v) is 6.82. The molecule has 4 rings (SSSR count). The highest BCUT2D eigenvalue weighted by Gasteiger charge is 2.10. The summed E-state index contributed by atoms with van der Waals surface area (Å²) in [6, 6.07) is 5.88. The molecule has 0 saturated carbocycles. The normalized spacial score (nSPS) is 12.2. The molecule has 3 N–H and O–H groups in total. The van der Waals surface area contributed by atoms with Gasteiger partial charge in [-0.2, -0.15) is 0 Å². The van der Waals surface area contributed by atoms with Gasteiger partial charge in [0.1, 0.15) is 5.48 Å². The summed E-state index contributed by atoms with van der Waals surface area (Å²) >= 11 is 0. The van der Waals surface area contributed by atoms with Crippen molar-refractivity contribution in [2.45, 2.75) is 27.2 Å². The lowest BCUT2D eigenvalue weighted by Gasteiger charge is -2.02. The minimum absolute atomic E-state index is 0.114. The Kier molecular flexibility index (Phi) is 4.07. The van der Waals surface area contributed by atoms with Crippen molar-refractivity contribution in [3.8, 4) is 11.1 Å². The second-order valence-electron chi connectivity index (χ2n) is 6.82. The molecule has 0 aromatic carbocycles. The van der Waals surface area contributed by atoms with E-state index in [2.05, 4.69) is 47.3 Å². The number of H-pyrrole nitrogens is 3. The second kappa shape index (κ2) is 6.43. The van der Waals surface area contributed by atoms with Gasteiger partial charge in [-0.1, -0.05) is 13.5 Å². The first-order valence-electron chi connectivity index (χ1n) is 9.03. The molecular formula is C22H22N4O. The molecule has 0 fully saturated rings. The Hall–Kier alpha value is -3.34. The number of aryl methyl sites for hydroxylation is 1. The van der Waals surface area contributed by atoms with E-state index >= 15 is 0 Å².